The van der Waals surface area contributed by atoms with Gasteiger partial charge in [-0.15, -0.1) is 0 Å². The summed E-state index contributed by atoms with van der Waals surface area (Å²) < 4.78 is 18.9. The minimum atomic E-state index is -0.359. The van der Waals surface area contributed by atoms with Crippen LogP contribution in [0.4, 0.5) is 4.39 Å². The highest BCUT2D eigenvalue weighted by Crippen LogP contribution is 2.24. The third kappa shape index (κ3) is 3.32. The number of aromatic amines is 1. The average molecular weight is 263 g/mol. The van der Waals surface area contributed by atoms with Gasteiger partial charge in [0.05, 0.1) is 25.0 Å². The van der Waals surface area contributed by atoms with Gasteiger partial charge in [-0.2, -0.15) is 0 Å². The summed E-state index contributed by atoms with van der Waals surface area (Å²) in [7, 11) is 0. The SMILES string of the molecule is CCNCc1ncc(-c2ccc(OCC)c(F)c2)[nH]1. The highest BCUT2D eigenvalue weighted by molar-refractivity contribution is 5.59. The summed E-state index contributed by atoms with van der Waals surface area (Å²) in [5.41, 5.74) is 1.56. The van der Waals surface area contributed by atoms with Crippen molar-refractivity contribution in [2.75, 3.05) is 13.2 Å². The van der Waals surface area contributed by atoms with E-state index in [1.165, 1.54) is 6.07 Å². The number of nitrogens with one attached hydrogen (secondary N) is 2. The van der Waals surface area contributed by atoms with Crippen LogP contribution in [0, 0.1) is 5.82 Å². The quantitative estimate of drug-likeness (QED) is 0.842. The lowest BCUT2D eigenvalue weighted by Crippen LogP contribution is -2.12. The van der Waals surface area contributed by atoms with Gasteiger partial charge in [0.2, 0.25) is 0 Å². The molecule has 0 saturated heterocycles. The lowest BCUT2D eigenvalue weighted by molar-refractivity contribution is 0.321. The summed E-state index contributed by atoms with van der Waals surface area (Å²) in [6.45, 7) is 5.87. The number of ether oxygens (including phenoxy) is 1. The standard InChI is InChI=1S/C14H18FN3O/c1-3-16-9-14-17-8-12(18-14)10-5-6-13(19-4-2)11(15)7-10/h5-8,16H,3-4,9H2,1-2H3,(H,17,18). The molecular weight excluding hydrogens is 245 g/mol. The summed E-state index contributed by atoms with van der Waals surface area (Å²) in [6.07, 6.45) is 1.71. The molecule has 0 bridgehead atoms. The molecule has 0 unspecified atom stereocenters. The molecule has 1 aromatic carbocycles. The average Bonchev–Trinajstić information content (AvgIpc) is 2.88. The van der Waals surface area contributed by atoms with E-state index in [0.29, 0.717) is 13.2 Å². The molecule has 0 fully saturated rings. The second-order valence-electron chi connectivity index (χ2n) is 4.10. The molecule has 1 heterocycles. The smallest absolute Gasteiger partial charge is 0.165 e. The first-order valence-electron chi connectivity index (χ1n) is 6.42. The van der Waals surface area contributed by atoms with Crippen molar-refractivity contribution in [1.82, 2.24) is 15.3 Å². The Labute approximate surface area is 112 Å². The largest absolute Gasteiger partial charge is 0.491 e. The van der Waals surface area contributed by atoms with Crippen LogP contribution in [0.2, 0.25) is 0 Å². The Morgan fingerprint density at radius 2 is 2.21 bits per heavy atom. The molecule has 0 aliphatic heterocycles. The van der Waals surface area contributed by atoms with Crippen LogP contribution in [-0.2, 0) is 6.54 Å². The highest BCUT2D eigenvalue weighted by atomic mass is 19.1. The van der Waals surface area contributed by atoms with Crippen molar-refractivity contribution in [3.05, 3.63) is 36.0 Å². The predicted molar refractivity (Wildman–Crippen MR) is 72.5 cm³/mol. The zero-order valence-corrected chi connectivity index (χ0v) is 11.2. The molecule has 0 atom stereocenters. The van der Waals surface area contributed by atoms with Gasteiger partial charge in [0.15, 0.2) is 11.6 Å². The summed E-state index contributed by atoms with van der Waals surface area (Å²) in [5, 5.41) is 3.18. The Kier molecular flexibility index (Phi) is 4.52. The summed E-state index contributed by atoms with van der Waals surface area (Å²) >= 11 is 0. The van der Waals surface area contributed by atoms with Gasteiger partial charge in [-0.1, -0.05) is 6.92 Å². The monoisotopic (exact) mass is 263 g/mol. The van der Waals surface area contributed by atoms with Crippen LogP contribution < -0.4 is 10.1 Å². The van der Waals surface area contributed by atoms with E-state index >= 15 is 0 Å². The van der Waals surface area contributed by atoms with Gasteiger partial charge >= 0.3 is 0 Å². The molecule has 0 spiro atoms. The van der Waals surface area contributed by atoms with Gasteiger partial charge in [-0.25, -0.2) is 9.37 Å². The number of aromatic nitrogens is 2. The number of hydrogen-bond donors (Lipinski definition) is 2. The number of halogens is 1. The van der Waals surface area contributed by atoms with E-state index in [-0.39, 0.29) is 11.6 Å². The van der Waals surface area contributed by atoms with Crippen LogP contribution >= 0.6 is 0 Å². The molecule has 0 aliphatic carbocycles. The lowest BCUT2D eigenvalue weighted by atomic mass is 10.1. The maximum atomic E-state index is 13.8. The molecular formula is C14H18FN3O. The normalized spacial score (nSPS) is 10.7. The second kappa shape index (κ2) is 6.33. The van der Waals surface area contributed by atoms with Crippen molar-refractivity contribution < 1.29 is 9.13 Å². The van der Waals surface area contributed by atoms with Crippen LogP contribution in [0.15, 0.2) is 24.4 Å². The van der Waals surface area contributed by atoms with E-state index in [1.807, 2.05) is 19.9 Å². The van der Waals surface area contributed by atoms with Crippen LogP contribution in [0.5, 0.6) is 5.75 Å². The molecule has 2 rings (SSSR count). The number of hydrogen-bond acceptors (Lipinski definition) is 3. The number of rotatable bonds is 6. The predicted octanol–water partition coefficient (Wildman–Crippen LogP) is 2.72. The molecule has 0 amide bonds. The molecule has 0 radical (unpaired) electrons. The molecule has 19 heavy (non-hydrogen) atoms. The lowest BCUT2D eigenvalue weighted by Gasteiger charge is -2.05. The van der Waals surface area contributed by atoms with Gasteiger partial charge in [-0.3, -0.25) is 0 Å². The van der Waals surface area contributed by atoms with Crippen LogP contribution in [0.1, 0.15) is 19.7 Å². The fraction of sp³-hybridized carbons (Fsp3) is 0.357. The van der Waals surface area contributed by atoms with Crippen molar-refractivity contribution in [2.45, 2.75) is 20.4 Å². The second-order valence-corrected chi connectivity index (χ2v) is 4.10. The Morgan fingerprint density at radius 3 is 2.89 bits per heavy atom. The maximum absolute atomic E-state index is 13.8. The Morgan fingerprint density at radius 1 is 1.37 bits per heavy atom. The van der Waals surface area contributed by atoms with Crippen molar-refractivity contribution in [3.8, 4) is 17.0 Å². The highest BCUT2D eigenvalue weighted by Gasteiger charge is 2.08. The minimum absolute atomic E-state index is 0.277. The van der Waals surface area contributed by atoms with Gasteiger partial charge < -0.3 is 15.0 Å². The third-order valence-corrected chi connectivity index (χ3v) is 2.71. The summed E-state index contributed by atoms with van der Waals surface area (Å²) in [6, 6.07) is 4.91. The first-order chi connectivity index (χ1) is 9.24. The minimum Gasteiger partial charge on any atom is -0.491 e. The zero-order chi connectivity index (χ0) is 13.7. The van der Waals surface area contributed by atoms with E-state index in [1.54, 1.807) is 12.3 Å². The Hall–Kier alpha value is -1.88. The van der Waals surface area contributed by atoms with Crippen LogP contribution in [0.25, 0.3) is 11.3 Å². The topological polar surface area (TPSA) is 49.9 Å². The Balaban J connectivity index is 2.17. The van der Waals surface area contributed by atoms with Crippen molar-refractivity contribution in [2.24, 2.45) is 0 Å². The molecule has 2 aromatic rings. The van der Waals surface area contributed by atoms with Gasteiger partial charge in [0.1, 0.15) is 5.82 Å². The number of imidazole rings is 1. The van der Waals surface area contributed by atoms with E-state index in [9.17, 15) is 4.39 Å². The molecule has 102 valence electrons. The molecule has 5 heteroatoms. The molecule has 0 aliphatic rings. The first-order valence-corrected chi connectivity index (χ1v) is 6.42. The number of H-pyrrole nitrogens is 1. The van der Waals surface area contributed by atoms with E-state index in [4.69, 9.17) is 4.74 Å². The number of benzene rings is 1. The molecule has 2 N–H and O–H groups in total. The van der Waals surface area contributed by atoms with Crippen LogP contribution in [-0.4, -0.2) is 23.1 Å². The van der Waals surface area contributed by atoms with Crippen molar-refractivity contribution >= 4 is 0 Å². The summed E-state index contributed by atoms with van der Waals surface area (Å²) in [4.78, 5) is 7.41. The molecule has 1 aromatic heterocycles. The van der Waals surface area contributed by atoms with Crippen molar-refractivity contribution in [1.29, 1.82) is 0 Å². The van der Waals surface area contributed by atoms with Crippen LogP contribution in [0.3, 0.4) is 0 Å². The van der Waals surface area contributed by atoms with Gasteiger partial charge in [0, 0.05) is 5.56 Å². The molecule has 4 nitrogen and oxygen atoms in total. The van der Waals surface area contributed by atoms with E-state index < -0.39 is 0 Å². The Bertz CT molecular complexity index is 539. The maximum Gasteiger partial charge on any atom is 0.165 e. The fourth-order valence-corrected chi connectivity index (χ4v) is 1.78. The van der Waals surface area contributed by atoms with Gasteiger partial charge in [-0.05, 0) is 31.7 Å². The third-order valence-electron chi connectivity index (χ3n) is 2.71. The summed E-state index contributed by atoms with van der Waals surface area (Å²) in [5.74, 6) is 0.756. The van der Waals surface area contributed by atoms with Gasteiger partial charge in [0.25, 0.3) is 0 Å². The van der Waals surface area contributed by atoms with Crippen molar-refractivity contribution in [3.63, 3.8) is 0 Å². The first kappa shape index (κ1) is 13.5. The van der Waals surface area contributed by atoms with E-state index in [0.717, 1.165) is 23.6 Å². The number of nitrogens with zero attached hydrogens (tertiary/aromatic N) is 1. The zero-order valence-electron chi connectivity index (χ0n) is 11.2. The molecule has 0 saturated carbocycles. The fourth-order valence-electron chi connectivity index (χ4n) is 1.78. The van der Waals surface area contributed by atoms with E-state index in [2.05, 4.69) is 15.3 Å².